The normalized spacial score (nSPS) is 22.2. The van der Waals surface area contributed by atoms with E-state index in [9.17, 15) is 0 Å². The number of hydrogen-bond donors (Lipinski definition) is 1. The van der Waals surface area contributed by atoms with E-state index < -0.39 is 0 Å². The molecule has 2 heteroatoms. The standard InChI is InChI=1S/C15H21NO/c1-12-6-5-7-13-14(12)17-11-15(10-16-13)8-3-2-4-9-15/h5-7,16H,2-4,8-11H2,1H3. The number of aryl methyl sites for hydroxylation is 1. The fraction of sp³-hybridized carbons (Fsp3) is 0.600. The minimum atomic E-state index is 0.379. The molecule has 1 heterocycles. The summed E-state index contributed by atoms with van der Waals surface area (Å²) >= 11 is 0. The van der Waals surface area contributed by atoms with Crippen LogP contribution in [0, 0.1) is 12.3 Å². The van der Waals surface area contributed by atoms with Gasteiger partial charge in [0.15, 0.2) is 0 Å². The average molecular weight is 231 g/mol. The molecule has 1 aliphatic carbocycles. The van der Waals surface area contributed by atoms with Crippen molar-refractivity contribution < 1.29 is 4.74 Å². The van der Waals surface area contributed by atoms with E-state index in [1.54, 1.807) is 0 Å². The van der Waals surface area contributed by atoms with E-state index in [0.29, 0.717) is 5.41 Å². The zero-order chi connectivity index (χ0) is 11.7. The lowest BCUT2D eigenvalue weighted by Crippen LogP contribution is -2.36. The minimum absolute atomic E-state index is 0.379. The summed E-state index contributed by atoms with van der Waals surface area (Å²) < 4.78 is 6.11. The monoisotopic (exact) mass is 231 g/mol. The van der Waals surface area contributed by atoms with Gasteiger partial charge in [-0.25, -0.2) is 0 Å². The molecule has 0 aromatic heterocycles. The summed E-state index contributed by atoms with van der Waals surface area (Å²) in [5.41, 5.74) is 2.79. The minimum Gasteiger partial charge on any atom is -0.490 e. The predicted molar refractivity (Wildman–Crippen MR) is 70.7 cm³/mol. The fourth-order valence-electron chi connectivity index (χ4n) is 3.17. The van der Waals surface area contributed by atoms with Gasteiger partial charge < -0.3 is 10.1 Å². The molecule has 0 unspecified atom stereocenters. The summed E-state index contributed by atoms with van der Waals surface area (Å²) in [6.45, 7) is 4.08. The number of para-hydroxylation sites is 1. The Morgan fingerprint density at radius 2 is 2.00 bits per heavy atom. The zero-order valence-electron chi connectivity index (χ0n) is 10.6. The quantitative estimate of drug-likeness (QED) is 0.734. The molecule has 2 nitrogen and oxygen atoms in total. The molecule has 1 aliphatic heterocycles. The predicted octanol–water partition coefficient (Wildman–Crippen LogP) is 3.75. The van der Waals surface area contributed by atoms with E-state index in [4.69, 9.17) is 4.74 Å². The number of rotatable bonds is 0. The molecule has 0 amide bonds. The summed E-state index contributed by atoms with van der Waals surface area (Å²) in [4.78, 5) is 0. The third-order valence-corrected chi connectivity index (χ3v) is 4.30. The topological polar surface area (TPSA) is 21.3 Å². The SMILES string of the molecule is Cc1cccc2c1OCC1(CCCCC1)CN2. The molecule has 3 rings (SSSR count). The number of hydrogen-bond acceptors (Lipinski definition) is 2. The second-order valence-electron chi connectivity index (χ2n) is 5.65. The van der Waals surface area contributed by atoms with E-state index in [1.807, 2.05) is 0 Å². The van der Waals surface area contributed by atoms with Crippen molar-refractivity contribution in [1.82, 2.24) is 0 Å². The molecule has 1 N–H and O–H groups in total. The third-order valence-electron chi connectivity index (χ3n) is 4.30. The van der Waals surface area contributed by atoms with Crippen LogP contribution >= 0.6 is 0 Å². The van der Waals surface area contributed by atoms with Gasteiger partial charge in [0, 0.05) is 12.0 Å². The van der Waals surface area contributed by atoms with E-state index in [0.717, 1.165) is 18.9 Å². The van der Waals surface area contributed by atoms with Gasteiger partial charge in [0.05, 0.1) is 12.3 Å². The Bertz CT molecular complexity index is 407. The molecule has 1 fully saturated rings. The second kappa shape index (κ2) is 4.25. The maximum absolute atomic E-state index is 6.11. The molecule has 0 bridgehead atoms. The van der Waals surface area contributed by atoms with Crippen LogP contribution in [0.5, 0.6) is 5.75 Å². The Kier molecular flexibility index (Phi) is 2.73. The van der Waals surface area contributed by atoms with Gasteiger partial charge in [-0.3, -0.25) is 0 Å². The number of fused-ring (bicyclic) bond motifs is 1. The highest BCUT2D eigenvalue weighted by Crippen LogP contribution is 2.41. The molecule has 1 saturated carbocycles. The van der Waals surface area contributed by atoms with Crippen LogP contribution in [0.15, 0.2) is 18.2 Å². The Morgan fingerprint density at radius 3 is 2.82 bits per heavy atom. The van der Waals surface area contributed by atoms with Crippen LogP contribution in [0.2, 0.25) is 0 Å². The fourth-order valence-corrected chi connectivity index (χ4v) is 3.17. The van der Waals surface area contributed by atoms with Crippen LogP contribution in [0.25, 0.3) is 0 Å². The Balaban J connectivity index is 1.85. The van der Waals surface area contributed by atoms with Gasteiger partial charge >= 0.3 is 0 Å². The van der Waals surface area contributed by atoms with Gasteiger partial charge in [-0.15, -0.1) is 0 Å². The first-order chi connectivity index (χ1) is 8.29. The van der Waals surface area contributed by atoms with E-state index in [1.165, 1.54) is 43.4 Å². The van der Waals surface area contributed by atoms with Crippen LogP contribution < -0.4 is 10.1 Å². The van der Waals surface area contributed by atoms with Crippen LogP contribution in [-0.4, -0.2) is 13.2 Å². The summed E-state index contributed by atoms with van der Waals surface area (Å²) in [7, 11) is 0. The zero-order valence-corrected chi connectivity index (χ0v) is 10.6. The van der Waals surface area contributed by atoms with Crippen molar-refractivity contribution in [3.63, 3.8) is 0 Å². The van der Waals surface area contributed by atoms with Crippen molar-refractivity contribution in [3.05, 3.63) is 23.8 Å². The summed E-state index contributed by atoms with van der Waals surface area (Å²) in [5.74, 6) is 1.06. The van der Waals surface area contributed by atoms with Gasteiger partial charge in [-0.2, -0.15) is 0 Å². The lowest BCUT2D eigenvalue weighted by atomic mass is 9.74. The van der Waals surface area contributed by atoms with Crippen molar-refractivity contribution in [2.24, 2.45) is 5.41 Å². The molecule has 1 aromatic rings. The molecule has 92 valence electrons. The average Bonchev–Trinajstić information content (AvgIpc) is 2.53. The number of nitrogens with one attached hydrogen (secondary N) is 1. The van der Waals surface area contributed by atoms with Crippen molar-refractivity contribution in [1.29, 1.82) is 0 Å². The van der Waals surface area contributed by atoms with E-state index in [-0.39, 0.29) is 0 Å². The van der Waals surface area contributed by atoms with Crippen molar-refractivity contribution in [2.45, 2.75) is 39.0 Å². The highest BCUT2D eigenvalue weighted by Gasteiger charge is 2.35. The smallest absolute Gasteiger partial charge is 0.145 e. The van der Waals surface area contributed by atoms with E-state index in [2.05, 4.69) is 30.4 Å². The van der Waals surface area contributed by atoms with Gasteiger partial charge in [0.25, 0.3) is 0 Å². The molecule has 2 aliphatic rings. The maximum atomic E-state index is 6.11. The molecular formula is C15H21NO. The summed E-state index contributed by atoms with van der Waals surface area (Å²) in [6.07, 6.45) is 6.74. The molecule has 1 spiro atoms. The largest absolute Gasteiger partial charge is 0.490 e. The van der Waals surface area contributed by atoms with Crippen molar-refractivity contribution in [2.75, 3.05) is 18.5 Å². The summed E-state index contributed by atoms with van der Waals surface area (Å²) in [6, 6.07) is 6.35. The first-order valence-electron chi connectivity index (χ1n) is 6.75. The first kappa shape index (κ1) is 10.9. The van der Waals surface area contributed by atoms with Crippen molar-refractivity contribution in [3.8, 4) is 5.75 Å². The molecule has 0 atom stereocenters. The highest BCUT2D eigenvalue weighted by molar-refractivity contribution is 5.60. The lowest BCUT2D eigenvalue weighted by Gasteiger charge is -2.35. The third kappa shape index (κ3) is 2.01. The Hall–Kier alpha value is -1.18. The van der Waals surface area contributed by atoms with Crippen LogP contribution in [0.4, 0.5) is 5.69 Å². The molecule has 17 heavy (non-hydrogen) atoms. The molecule has 0 radical (unpaired) electrons. The molecule has 0 saturated heterocycles. The number of anilines is 1. The van der Waals surface area contributed by atoms with Gasteiger partial charge in [0.2, 0.25) is 0 Å². The summed E-state index contributed by atoms with van der Waals surface area (Å²) in [5, 5.41) is 3.60. The van der Waals surface area contributed by atoms with E-state index >= 15 is 0 Å². The Morgan fingerprint density at radius 1 is 1.18 bits per heavy atom. The van der Waals surface area contributed by atoms with Gasteiger partial charge in [0.1, 0.15) is 5.75 Å². The van der Waals surface area contributed by atoms with Crippen LogP contribution in [0.3, 0.4) is 0 Å². The molecule has 1 aromatic carbocycles. The van der Waals surface area contributed by atoms with Gasteiger partial charge in [-0.05, 0) is 31.4 Å². The molecular weight excluding hydrogens is 210 g/mol. The Labute approximate surface area is 103 Å². The first-order valence-corrected chi connectivity index (χ1v) is 6.75. The number of benzene rings is 1. The van der Waals surface area contributed by atoms with Crippen LogP contribution in [0.1, 0.15) is 37.7 Å². The van der Waals surface area contributed by atoms with Crippen LogP contribution in [-0.2, 0) is 0 Å². The lowest BCUT2D eigenvalue weighted by molar-refractivity contribution is 0.115. The highest BCUT2D eigenvalue weighted by atomic mass is 16.5. The van der Waals surface area contributed by atoms with Gasteiger partial charge in [-0.1, -0.05) is 31.4 Å². The maximum Gasteiger partial charge on any atom is 0.145 e. The second-order valence-corrected chi connectivity index (χ2v) is 5.65. The van der Waals surface area contributed by atoms with Crippen molar-refractivity contribution >= 4 is 5.69 Å². The number of ether oxygens (including phenoxy) is 1.